The van der Waals surface area contributed by atoms with Crippen molar-refractivity contribution in [2.45, 2.75) is 25.3 Å². The maximum atomic E-state index is 13.3. The van der Waals surface area contributed by atoms with Crippen LogP contribution in [0.5, 0.6) is 0 Å². The topological polar surface area (TPSA) is 69.3 Å². The summed E-state index contributed by atoms with van der Waals surface area (Å²) in [5.41, 5.74) is 3.60. The molecule has 0 amide bonds. The van der Waals surface area contributed by atoms with Gasteiger partial charge >= 0.3 is 0 Å². The van der Waals surface area contributed by atoms with Gasteiger partial charge in [0, 0.05) is 55.4 Å². The summed E-state index contributed by atoms with van der Waals surface area (Å²) in [6, 6.07) is 11.2. The van der Waals surface area contributed by atoms with E-state index in [-0.39, 0.29) is 6.54 Å². The predicted octanol–water partition coefficient (Wildman–Crippen LogP) is 3.07. The van der Waals surface area contributed by atoms with E-state index in [1.165, 1.54) is 4.31 Å². The highest BCUT2D eigenvalue weighted by molar-refractivity contribution is 7.89. The maximum absolute atomic E-state index is 13.3. The molecule has 0 unspecified atom stereocenters. The van der Waals surface area contributed by atoms with E-state index in [9.17, 15) is 8.42 Å². The zero-order valence-corrected chi connectivity index (χ0v) is 16.6. The SMILES string of the molecule is Cc1n[nH]c(C)c1CN(C)S(=O)(=O)c1cccc2c(N(C)C)cccc12. The van der Waals surface area contributed by atoms with Crippen LogP contribution >= 0.6 is 0 Å². The van der Waals surface area contributed by atoms with E-state index in [1.807, 2.05) is 57.1 Å². The highest BCUT2D eigenvalue weighted by Crippen LogP contribution is 2.31. The first-order valence-electron chi connectivity index (χ1n) is 8.39. The van der Waals surface area contributed by atoms with Crippen LogP contribution in [-0.2, 0) is 16.6 Å². The number of aromatic nitrogens is 2. The smallest absolute Gasteiger partial charge is 0.243 e. The van der Waals surface area contributed by atoms with Gasteiger partial charge in [0.05, 0.1) is 10.6 Å². The van der Waals surface area contributed by atoms with Gasteiger partial charge in [-0.3, -0.25) is 5.10 Å². The number of hydrogen-bond donors (Lipinski definition) is 1. The summed E-state index contributed by atoms with van der Waals surface area (Å²) < 4.78 is 27.9. The number of benzene rings is 2. The van der Waals surface area contributed by atoms with Gasteiger partial charge in [0.15, 0.2) is 0 Å². The molecule has 0 saturated heterocycles. The van der Waals surface area contributed by atoms with Crippen LogP contribution in [0, 0.1) is 13.8 Å². The van der Waals surface area contributed by atoms with Gasteiger partial charge in [-0.15, -0.1) is 0 Å². The molecule has 0 radical (unpaired) electrons. The van der Waals surface area contributed by atoms with Gasteiger partial charge in [-0.05, 0) is 26.0 Å². The lowest BCUT2D eigenvalue weighted by molar-refractivity contribution is 0.466. The number of sulfonamides is 1. The van der Waals surface area contributed by atoms with Gasteiger partial charge in [-0.1, -0.05) is 24.3 Å². The Balaban J connectivity index is 2.08. The molecule has 7 heteroatoms. The zero-order chi connectivity index (χ0) is 19.1. The molecular formula is C19H24N4O2S. The molecule has 26 heavy (non-hydrogen) atoms. The molecule has 0 aliphatic carbocycles. The van der Waals surface area contributed by atoms with Crippen molar-refractivity contribution in [3.8, 4) is 0 Å². The molecular weight excluding hydrogens is 348 g/mol. The Kier molecular flexibility index (Phi) is 4.77. The monoisotopic (exact) mass is 372 g/mol. The Bertz CT molecular complexity index is 1040. The van der Waals surface area contributed by atoms with Crippen LogP contribution in [0.1, 0.15) is 17.0 Å². The molecule has 0 atom stereocenters. The van der Waals surface area contributed by atoms with Crippen molar-refractivity contribution in [2.75, 3.05) is 26.0 Å². The number of anilines is 1. The first kappa shape index (κ1) is 18.4. The van der Waals surface area contributed by atoms with Gasteiger partial charge in [0.25, 0.3) is 0 Å². The van der Waals surface area contributed by atoms with Crippen LogP contribution in [0.15, 0.2) is 41.3 Å². The van der Waals surface area contributed by atoms with Crippen molar-refractivity contribution in [2.24, 2.45) is 0 Å². The van der Waals surface area contributed by atoms with E-state index in [0.29, 0.717) is 4.90 Å². The number of aryl methyl sites for hydroxylation is 2. The highest BCUT2D eigenvalue weighted by Gasteiger charge is 2.25. The third-order valence-electron chi connectivity index (χ3n) is 4.69. The first-order valence-corrected chi connectivity index (χ1v) is 9.83. The van der Waals surface area contributed by atoms with Crippen LogP contribution < -0.4 is 4.90 Å². The lowest BCUT2D eigenvalue weighted by atomic mass is 10.1. The summed E-state index contributed by atoms with van der Waals surface area (Å²) in [6.07, 6.45) is 0. The molecule has 0 bridgehead atoms. The van der Waals surface area contributed by atoms with Crippen molar-refractivity contribution in [3.05, 3.63) is 53.3 Å². The molecule has 6 nitrogen and oxygen atoms in total. The Morgan fingerprint density at radius 2 is 1.65 bits per heavy atom. The standard InChI is InChI=1S/C19H24N4O2S/c1-13-17(14(2)21-20-13)12-23(5)26(24,25)19-11-7-8-15-16(19)9-6-10-18(15)22(3)4/h6-11H,12H2,1-5H3,(H,20,21). The van der Waals surface area contributed by atoms with E-state index in [1.54, 1.807) is 19.2 Å². The first-order chi connectivity index (χ1) is 12.2. The summed E-state index contributed by atoms with van der Waals surface area (Å²) >= 11 is 0. The quantitative estimate of drug-likeness (QED) is 0.747. The Labute approximate surface area is 154 Å². The van der Waals surface area contributed by atoms with Gasteiger partial charge in [-0.2, -0.15) is 9.40 Å². The molecule has 3 rings (SSSR count). The van der Waals surface area contributed by atoms with Crippen LogP contribution in [0.25, 0.3) is 10.8 Å². The summed E-state index contributed by atoms with van der Waals surface area (Å²) in [4.78, 5) is 2.31. The normalized spacial score (nSPS) is 12.1. The van der Waals surface area contributed by atoms with Gasteiger partial charge in [0.2, 0.25) is 10.0 Å². The van der Waals surface area contributed by atoms with Crippen LogP contribution in [0.4, 0.5) is 5.69 Å². The minimum atomic E-state index is -3.64. The fraction of sp³-hybridized carbons (Fsp3) is 0.316. The number of H-pyrrole nitrogens is 1. The minimum absolute atomic E-state index is 0.278. The number of fused-ring (bicyclic) bond motifs is 1. The number of rotatable bonds is 5. The number of nitrogens with zero attached hydrogens (tertiary/aromatic N) is 3. The number of hydrogen-bond acceptors (Lipinski definition) is 4. The molecule has 0 spiro atoms. The second kappa shape index (κ2) is 6.74. The molecule has 138 valence electrons. The molecule has 2 aromatic carbocycles. The number of nitrogens with one attached hydrogen (secondary N) is 1. The van der Waals surface area contributed by atoms with Crippen molar-refractivity contribution in [3.63, 3.8) is 0 Å². The van der Waals surface area contributed by atoms with Crippen LogP contribution in [-0.4, -0.2) is 44.1 Å². The van der Waals surface area contributed by atoms with E-state index in [4.69, 9.17) is 0 Å². The second-order valence-electron chi connectivity index (χ2n) is 6.70. The van der Waals surface area contributed by atoms with Gasteiger partial charge in [0.1, 0.15) is 0 Å². The summed E-state index contributed by atoms with van der Waals surface area (Å²) in [5, 5.41) is 8.71. The fourth-order valence-corrected chi connectivity index (χ4v) is 4.50. The molecule has 1 aromatic heterocycles. The Hall–Kier alpha value is -2.38. The zero-order valence-electron chi connectivity index (χ0n) is 15.7. The lowest BCUT2D eigenvalue weighted by Gasteiger charge is -2.20. The Morgan fingerprint density at radius 1 is 1.00 bits per heavy atom. The predicted molar refractivity (Wildman–Crippen MR) is 105 cm³/mol. The summed E-state index contributed by atoms with van der Waals surface area (Å²) in [5.74, 6) is 0. The van der Waals surface area contributed by atoms with Crippen molar-refractivity contribution < 1.29 is 8.42 Å². The lowest BCUT2D eigenvalue weighted by Crippen LogP contribution is -2.27. The third-order valence-corrected chi connectivity index (χ3v) is 6.55. The minimum Gasteiger partial charge on any atom is -0.377 e. The average molecular weight is 372 g/mol. The van der Waals surface area contributed by atoms with E-state index < -0.39 is 10.0 Å². The third kappa shape index (κ3) is 3.08. The molecule has 3 aromatic rings. The molecule has 1 heterocycles. The summed E-state index contributed by atoms with van der Waals surface area (Å²) in [6.45, 7) is 4.05. The van der Waals surface area contributed by atoms with Crippen molar-refractivity contribution in [1.29, 1.82) is 0 Å². The molecule has 0 aliphatic heterocycles. The number of aromatic amines is 1. The van der Waals surface area contributed by atoms with Crippen LogP contribution in [0.3, 0.4) is 0 Å². The highest BCUT2D eigenvalue weighted by atomic mass is 32.2. The van der Waals surface area contributed by atoms with E-state index in [0.717, 1.165) is 33.4 Å². The van der Waals surface area contributed by atoms with E-state index in [2.05, 4.69) is 10.2 Å². The van der Waals surface area contributed by atoms with Crippen molar-refractivity contribution in [1.82, 2.24) is 14.5 Å². The molecule has 0 saturated carbocycles. The maximum Gasteiger partial charge on any atom is 0.243 e. The van der Waals surface area contributed by atoms with Crippen LogP contribution in [0.2, 0.25) is 0 Å². The summed E-state index contributed by atoms with van der Waals surface area (Å²) in [7, 11) is 1.86. The Morgan fingerprint density at radius 3 is 2.27 bits per heavy atom. The van der Waals surface area contributed by atoms with Gasteiger partial charge < -0.3 is 4.90 Å². The molecule has 0 fully saturated rings. The van der Waals surface area contributed by atoms with Gasteiger partial charge in [-0.25, -0.2) is 8.42 Å². The molecule has 0 aliphatic rings. The van der Waals surface area contributed by atoms with E-state index >= 15 is 0 Å². The molecule has 1 N–H and O–H groups in total. The largest absolute Gasteiger partial charge is 0.377 e. The fourth-order valence-electron chi connectivity index (χ4n) is 3.16. The average Bonchev–Trinajstić information content (AvgIpc) is 2.92. The second-order valence-corrected chi connectivity index (χ2v) is 8.71. The van der Waals surface area contributed by atoms with Crippen molar-refractivity contribution >= 4 is 26.5 Å².